The van der Waals surface area contributed by atoms with Gasteiger partial charge in [0.05, 0.1) is 6.10 Å². The summed E-state index contributed by atoms with van der Waals surface area (Å²) >= 11 is 5.80. The zero-order valence-corrected chi connectivity index (χ0v) is 10.5. The highest BCUT2D eigenvalue weighted by Crippen LogP contribution is 2.21. The van der Waals surface area contributed by atoms with Crippen LogP contribution in [0.5, 0.6) is 0 Å². The third kappa shape index (κ3) is 3.46. The highest BCUT2D eigenvalue weighted by atomic mass is 35.5. The SMILES string of the molecule is CCC(CC)C(O)Cc1cc(Cl)ccc1F. The number of halogens is 2. The molecule has 0 aromatic heterocycles. The number of aliphatic hydroxyl groups is 1. The van der Waals surface area contributed by atoms with E-state index in [9.17, 15) is 9.50 Å². The highest BCUT2D eigenvalue weighted by molar-refractivity contribution is 6.30. The molecule has 0 heterocycles. The molecule has 0 radical (unpaired) electrons. The van der Waals surface area contributed by atoms with Crippen LogP contribution in [0.25, 0.3) is 0 Å². The molecule has 90 valence electrons. The molecule has 0 aliphatic carbocycles. The van der Waals surface area contributed by atoms with Gasteiger partial charge < -0.3 is 5.11 Å². The standard InChI is InChI=1S/C13H18ClFO/c1-3-9(4-2)13(16)8-10-7-11(14)5-6-12(10)15/h5-7,9,13,16H,3-4,8H2,1-2H3. The van der Waals surface area contributed by atoms with Gasteiger partial charge in [0, 0.05) is 11.4 Å². The van der Waals surface area contributed by atoms with Crippen molar-refractivity contribution in [2.45, 2.75) is 39.2 Å². The fraction of sp³-hybridized carbons (Fsp3) is 0.538. The van der Waals surface area contributed by atoms with Crippen molar-refractivity contribution in [1.82, 2.24) is 0 Å². The van der Waals surface area contributed by atoms with Crippen molar-refractivity contribution in [3.63, 3.8) is 0 Å². The molecule has 0 aliphatic rings. The molecular formula is C13H18ClFO. The Bertz CT molecular complexity index is 337. The van der Waals surface area contributed by atoms with Gasteiger partial charge in [-0.05, 0) is 29.7 Å². The topological polar surface area (TPSA) is 20.2 Å². The number of aliphatic hydroxyl groups excluding tert-OH is 1. The average molecular weight is 245 g/mol. The van der Waals surface area contributed by atoms with Crippen LogP contribution in [-0.4, -0.2) is 11.2 Å². The number of hydrogen-bond donors (Lipinski definition) is 1. The van der Waals surface area contributed by atoms with Gasteiger partial charge in [-0.2, -0.15) is 0 Å². The fourth-order valence-electron chi connectivity index (χ4n) is 1.92. The molecule has 0 amide bonds. The summed E-state index contributed by atoms with van der Waals surface area (Å²) in [5.41, 5.74) is 0.493. The largest absolute Gasteiger partial charge is 0.392 e. The molecule has 1 nitrogen and oxygen atoms in total. The number of rotatable bonds is 5. The average Bonchev–Trinajstić information content (AvgIpc) is 2.25. The Morgan fingerprint density at radius 2 is 1.94 bits per heavy atom. The van der Waals surface area contributed by atoms with Gasteiger partial charge in [0.1, 0.15) is 5.82 Å². The lowest BCUT2D eigenvalue weighted by Gasteiger charge is -2.20. The van der Waals surface area contributed by atoms with Crippen LogP contribution in [0.1, 0.15) is 32.3 Å². The van der Waals surface area contributed by atoms with E-state index in [1.165, 1.54) is 12.1 Å². The fourth-order valence-corrected chi connectivity index (χ4v) is 2.12. The van der Waals surface area contributed by atoms with Crippen molar-refractivity contribution in [3.8, 4) is 0 Å². The maximum absolute atomic E-state index is 13.4. The molecule has 1 unspecified atom stereocenters. The Hall–Kier alpha value is -0.600. The molecule has 0 fully saturated rings. The Morgan fingerprint density at radius 3 is 2.50 bits per heavy atom. The summed E-state index contributed by atoms with van der Waals surface area (Å²) in [6.45, 7) is 4.07. The molecule has 0 spiro atoms. The molecule has 0 saturated carbocycles. The predicted molar refractivity (Wildman–Crippen MR) is 65.2 cm³/mol. The monoisotopic (exact) mass is 244 g/mol. The van der Waals surface area contributed by atoms with Gasteiger partial charge in [-0.3, -0.25) is 0 Å². The van der Waals surface area contributed by atoms with Crippen molar-refractivity contribution >= 4 is 11.6 Å². The first-order valence-electron chi connectivity index (χ1n) is 5.70. The summed E-state index contributed by atoms with van der Waals surface area (Å²) in [5, 5.41) is 10.5. The Morgan fingerprint density at radius 1 is 1.31 bits per heavy atom. The smallest absolute Gasteiger partial charge is 0.126 e. The molecule has 1 N–H and O–H groups in total. The normalized spacial score (nSPS) is 13.1. The van der Waals surface area contributed by atoms with Crippen LogP contribution in [0.4, 0.5) is 4.39 Å². The second kappa shape index (κ2) is 6.21. The van der Waals surface area contributed by atoms with Crippen LogP contribution in [-0.2, 0) is 6.42 Å². The first-order valence-corrected chi connectivity index (χ1v) is 6.08. The lowest BCUT2D eigenvalue weighted by molar-refractivity contribution is 0.102. The van der Waals surface area contributed by atoms with E-state index in [0.29, 0.717) is 17.0 Å². The van der Waals surface area contributed by atoms with Gasteiger partial charge in [0.2, 0.25) is 0 Å². The van der Waals surface area contributed by atoms with Crippen LogP contribution in [0.3, 0.4) is 0 Å². The Labute approximate surface area is 101 Å². The second-order valence-electron chi connectivity index (χ2n) is 4.08. The summed E-state index contributed by atoms with van der Waals surface area (Å²) in [6, 6.07) is 4.45. The van der Waals surface area contributed by atoms with Crippen LogP contribution in [0.15, 0.2) is 18.2 Å². The molecule has 3 heteroatoms. The van der Waals surface area contributed by atoms with E-state index in [4.69, 9.17) is 11.6 Å². The molecular weight excluding hydrogens is 227 g/mol. The molecule has 1 rings (SSSR count). The maximum atomic E-state index is 13.4. The zero-order chi connectivity index (χ0) is 12.1. The summed E-state index contributed by atoms with van der Waals surface area (Å²) in [5.74, 6) is -0.0761. The van der Waals surface area contributed by atoms with Gasteiger partial charge in [-0.15, -0.1) is 0 Å². The lowest BCUT2D eigenvalue weighted by atomic mass is 9.92. The van der Waals surface area contributed by atoms with Gasteiger partial charge in [-0.25, -0.2) is 4.39 Å². The second-order valence-corrected chi connectivity index (χ2v) is 4.52. The van der Waals surface area contributed by atoms with E-state index in [-0.39, 0.29) is 11.7 Å². The van der Waals surface area contributed by atoms with Crippen LogP contribution < -0.4 is 0 Å². The molecule has 1 aromatic carbocycles. The van der Waals surface area contributed by atoms with Gasteiger partial charge in [-0.1, -0.05) is 38.3 Å². The Balaban J connectivity index is 2.75. The van der Waals surface area contributed by atoms with Crippen molar-refractivity contribution in [2.75, 3.05) is 0 Å². The van der Waals surface area contributed by atoms with Crippen molar-refractivity contribution in [3.05, 3.63) is 34.6 Å². The van der Waals surface area contributed by atoms with Crippen molar-refractivity contribution in [1.29, 1.82) is 0 Å². The quantitative estimate of drug-likeness (QED) is 0.835. The van der Waals surface area contributed by atoms with E-state index in [1.54, 1.807) is 6.07 Å². The number of benzene rings is 1. The third-order valence-electron chi connectivity index (χ3n) is 3.03. The van der Waals surface area contributed by atoms with Crippen molar-refractivity contribution < 1.29 is 9.50 Å². The molecule has 16 heavy (non-hydrogen) atoms. The summed E-state index contributed by atoms with van der Waals surface area (Å²) in [6.07, 6.45) is 1.64. The van der Waals surface area contributed by atoms with E-state index in [0.717, 1.165) is 12.8 Å². The van der Waals surface area contributed by atoms with Crippen LogP contribution in [0, 0.1) is 11.7 Å². The summed E-state index contributed by atoms with van der Waals surface area (Å²) < 4.78 is 13.4. The Kier molecular flexibility index (Phi) is 5.23. The minimum Gasteiger partial charge on any atom is -0.392 e. The highest BCUT2D eigenvalue weighted by Gasteiger charge is 2.17. The van der Waals surface area contributed by atoms with Gasteiger partial charge in [0.25, 0.3) is 0 Å². The van der Waals surface area contributed by atoms with Crippen molar-refractivity contribution in [2.24, 2.45) is 5.92 Å². The first kappa shape index (κ1) is 13.5. The summed E-state index contributed by atoms with van der Waals surface area (Å²) in [7, 11) is 0. The van der Waals surface area contributed by atoms with E-state index < -0.39 is 6.10 Å². The van der Waals surface area contributed by atoms with E-state index >= 15 is 0 Å². The van der Waals surface area contributed by atoms with E-state index in [1.807, 2.05) is 13.8 Å². The molecule has 1 atom stereocenters. The molecule has 1 aromatic rings. The summed E-state index contributed by atoms with van der Waals surface area (Å²) in [4.78, 5) is 0. The van der Waals surface area contributed by atoms with Gasteiger partial charge >= 0.3 is 0 Å². The lowest BCUT2D eigenvalue weighted by Crippen LogP contribution is -2.22. The van der Waals surface area contributed by atoms with E-state index in [2.05, 4.69) is 0 Å². The molecule has 0 saturated heterocycles. The minimum absolute atomic E-state index is 0.221. The molecule has 0 aliphatic heterocycles. The first-order chi connectivity index (χ1) is 7.58. The minimum atomic E-state index is -0.497. The maximum Gasteiger partial charge on any atom is 0.126 e. The van der Waals surface area contributed by atoms with Gasteiger partial charge in [0.15, 0.2) is 0 Å². The number of hydrogen-bond acceptors (Lipinski definition) is 1. The molecule has 0 bridgehead atoms. The van der Waals surface area contributed by atoms with Crippen LogP contribution >= 0.6 is 11.6 Å². The van der Waals surface area contributed by atoms with Crippen LogP contribution in [0.2, 0.25) is 5.02 Å². The zero-order valence-electron chi connectivity index (χ0n) is 9.71. The predicted octanol–water partition coefficient (Wildman–Crippen LogP) is 3.82. The third-order valence-corrected chi connectivity index (χ3v) is 3.26.